The molecular formula is C24H40O4. The van der Waals surface area contributed by atoms with Crippen molar-refractivity contribution in [1.82, 2.24) is 0 Å². The van der Waals surface area contributed by atoms with Crippen molar-refractivity contribution in [2.75, 3.05) is 13.2 Å². The van der Waals surface area contributed by atoms with Crippen LogP contribution in [0.2, 0.25) is 0 Å². The highest BCUT2D eigenvalue weighted by molar-refractivity contribution is 5.82. The minimum absolute atomic E-state index is 0.0821. The Kier molecular flexibility index (Phi) is 5.46. The number of Topliss-reactive ketones (excluding diaryl/α,β-unsaturated/α-hetero) is 1. The molecule has 3 aliphatic carbocycles. The van der Waals surface area contributed by atoms with E-state index in [1.54, 1.807) is 0 Å². The third-order valence-electron chi connectivity index (χ3n) is 8.36. The van der Waals surface area contributed by atoms with Crippen molar-refractivity contribution < 1.29 is 19.0 Å². The Morgan fingerprint density at radius 3 is 2.43 bits per heavy atom. The molecule has 4 aliphatic rings. The van der Waals surface area contributed by atoms with Crippen LogP contribution < -0.4 is 0 Å². The van der Waals surface area contributed by atoms with E-state index in [2.05, 4.69) is 27.7 Å². The number of rotatable bonds is 4. The molecule has 0 bridgehead atoms. The first kappa shape index (κ1) is 20.8. The van der Waals surface area contributed by atoms with Crippen LogP contribution in [0.1, 0.15) is 86.0 Å². The summed E-state index contributed by atoms with van der Waals surface area (Å²) in [6, 6.07) is 0. The summed E-state index contributed by atoms with van der Waals surface area (Å²) in [6.07, 6.45) is 8.81. The number of ketones is 1. The highest BCUT2D eigenvalue weighted by Crippen LogP contribution is 2.61. The lowest BCUT2D eigenvalue weighted by molar-refractivity contribution is -0.159. The first-order chi connectivity index (χ1) is 13.1. The molecule has 0 aromatic carbocycles. The predicted octanol–water partition coefficient (Wildman–Crippen LogP) is 5.13. The molecule has 0 aromatic rings. The first-order valence-corrected chi connectivity index (χ1v) is 11.6. The number of hydrogen-bond acceptors (Lipinski definition) is 4. The highest BCUT2D eigenvalue weighted by Gasteiger charge is 2.57. The second kappa shape index (κ2) is 7.35. The second-order valence-electron chi connectivity index (χ2n) is 11.3. The van der Waals surface area contributed by atoms with Crippen LogP contribution in [0, 0.1) is 29.1 Å². The van der Waals surface area contributed by atoms with Gasteiger partial charge in [-0.3, -0.25) is 4.79 Å². The normalized spacial score (nSPS) is 43.0. The van der Waals surface area contributed by atoms with Crippen LogP contribution in [0.15, 0.2) is 0 Å². The summed E-state index contributed by atoms with van der Waals surface area (Å²) < 4.78 is 18.1. The number of hydrogen-bond donors (Lipinski definition) is 0. The molecule has 0 amide bonds. The monoisotopic (exact) mass is 392 g/mol. The number of fused-ring (bicyclic) bond motifs is 3. The summed E-state index contributed by atoms with van der Waals surface area (Å²) in [5.41, 5.74) is 0.199. The minimum atomic E-state index is -0.477. The van der Waals surface area contributed by atoms with Gasteiger partial charge >= 0.3 is 0 Å². The van der Waals surface area contributed by atoms with Gasteiger partial charge in [-0.05, 0) is 89.4 Å². The van der Waals surface area contributed by atoms with Gasteiger partial charge in [0, 0.05) is 18.8 Å². The molecule has 0 radical (unpaired) electrons. The van der Waals surface area contributed by atoms with Crippen molar-refractivity contribution in [2.24, 2.45) is 29.1 Å². The summed E-state index contributed by atoms with van der Waals surface area (Å²) in [5, 5.41) is 0. The maximum absolute atomic E-state index is 12.9. The van der Waals surface area contributed by atoms with Crippen LogP contribution in [0.5, 0.6) is 0 Å². The van der Waals surface area contributed by atoms with Crippen molar-refractivity contribution in [2.45, 2.75) is 103 Å². The molecule has 6 unspecified atom stereocenters. The van der Waals surface area contributed by atoms with Gasteiger partial charge < -0.3 is 14.2 Å². The van der Waals surface area contributed by atoms with Crippen molar-refractivity contribution >= 4 is 5.78 Å². The molecule has 4 heteroatoms. The Hall–Kier alpha value is -0.450. The van der Waals surface area contributed by atoms with Crippen LogP contribution >= 0.6 is 0 Å². The van der Waals surface area contributed by atoms with E-state index in [0.717, 1.165) is 25.7 Å². The lowest BCUT2D eigenvalue weighted by Gasteiger charge is -2.52. The second-order valence-corrected chi connectivity index (χ2v) is 11.3. The number of ether oxygens (including phenoxy) is 3. The topological polar surface area (TPSA) is 44.8 Å². The summed E-state index contributed by atoms with van der Waals surface area (Å²) >= 11 is 0. The third kappa shape index (κ3) is 3.81. The van der Waals surface area contributed by atoms with E-state index in [1.165, 1.54) is 25.7 Å². The van der Waals surface area contributed by atoms with Crippen LogP contribution in [0.3, 0.4) is 0 Å². The minimum Gasteiger partial charge on any atom is -0.372 e. The lowest BCUT2D eigenvalue weighted by atomic mass is 9.53. The molecule has 1 heterocycles. The van der Waals surface area contributed by atoms with Gasteiger partial charge in [0.15, 0.2) is 5.79 Å². The molecule has 1 saturated heterocycles. The first-order valence-electron chi connectivity index (χ1n) is 11.6. The van der Waals surface area contributed by atoms with Gasteiger partial charge in [-0.2, -0.15) is 0 Å². The van der Waals surface area contributed by atoms with Crippen LogP contribution in [0.4, 0.5) is 0 Å². The zero-order valence-corrected chi connectivity index (χ0v) is 18.6. The molecule has 0 aromatic heterocycles. The van der Waals surface area contributed by atoms with Crippen molar-refractivity contribution in [3.05, 3.63) is 0 Å². The third-order valence-corrected chi connectivity index (χ3v) is 8.36. The Balaban J connectivity index is 1.46. The van der Waals surface area contributed by atoms with E-state index in [1.807, 2.05) is 6.92 Å². The van der Waals surface area contributed by atoms with Gasteiger partial charge in [-0.25, -0.2) is 0 Å². The van der Waals surface area contributed by atoms with Gasteiger partial charge in [0.05, 0.1) is 24.9 Å². The van der Waals surface area contributed by atoms with Crippen molar-refractivity contribution in [3.8, 4) is 0 Å². The SMILES string of the molecule is CC(C)(C)OC1CCC2C3CCC(=O)C(CCC4(C)OCCO4)C3CCC12C. The molecule has 160 valence electrons. The van der Waals surface area contributed by atoms with Gasteiger partial charge in [0.1, 0.15) is 5.78 Å². The van der Waals surface area contributed by atoms with E-state index in [4.69, 9.17) is 14.2 Å². The highest BCUT2D eigenvalue weighted by atomic mass is 16.7. The van der Waals surface area contributed by atoms with Gasteiger partial charge in [-0.15, -0.1) is 0 Å². The Labute approximate surface area is 171 Å². The summed E-state index contributed by atoms with van der Waals surface area (Å²) in [6.45, 7) is 12.4. The van der Waals surface area contributed by atoms with Crippen molar-refractivity contribution in [3.63, 3.8) is 0 Å². The molecular weight excluding hydrogens is 352 g/mol. The maximum Gasteiger partial charge on any atom is 0.165 e. The summed E-state index contributed by atoms with van der Waals surface area (Å²) in [4.78, 5) is 12.9. The predicted molar refractivity (Wildman–Crippen MR) is 109 cm³/mol. The van der Waals surface area contributed by atoms with E-state index < -0.39 is 5.79 Å². The number of carbonyl (C=O) groups is 1. The number of carbonyl (C=O) groups excluding carboxylic acids is 1. The standard InChI is InChI=1S/C24H40O4/c1-22(2,3)28-21-9-7-19-17-6-8-20(25)18(16(17)10-12-23(19,21)4)11-13-24(5)26-14-15-27-24/h16-19,21H,6-15H2,1-5H3. The van der Waals surface area contributed by atoms with E-state index in [-0.39, 0.29) is 16.9 Å². The molecule has 1 aliphatic heterocycles. The molecule has 4 rings (SSSR count). The van der Waals surface area contributed by atoms with Gasteiger partial charge in [0.25, 0.3) is 0 Å². The molecule has 3 saturated carbocycles. The van der Waals surface area contributed by atoms with Gasteiger partial charge in [-0.1, -0.05) is 6.92 Å². The zero-order chi connectivity index (χ0) is 20.2. The fourth-order valence-electron chi connectivity index (χ4n) is 7.03. The maximum atomic E-state index is 12.9. The fourth-order valence-corrected chi connectivity index (χ4v) is 7.03. The Morgan fingerprint density at radius 2 is 1.75 bits per heavy atom. The quantitative estimate of drug-likeness (QED) is 0.665. The lowest BCUT2D eigenvalue weighted by Crippen LogP contribution is -2.50. The molecule has 28 heavy (non-hydrogen) atoms. The summed E-state index contributed by atoms with van der Waals surface area (Å²) in [5.74, 6) is 2.17. The molecule has 4 fully saturated rings. The molecule has 0 N–H and O–H groups in total. The van der Waals surface area contributed by atoms with E-state index in [0.29, 0.717) is 42.9 Å². The zero-order valence-electron chi connectivity index (χ0n) is 18.6. The van der Waals surface area contributed by atoms with Crippen LogP contribution in [-0.4, -0.2) is 36.5 Å². The smallest absolute Gasteiger partial charge is 0.165 e. The molecule has 0 spiro atoms. The van der Waals surface area contributed by atoms with Crippen molar-refractivity contribution in [1.29, 1.82) is 0 Å². The Bertz CT molecular complexity index is 588. The largest absolute Gasteiger partial charge is 0.372 e. The Morgan fingerprint density at radius 1 is 1.04 bits per heavy atom. The van der Waals surface area contributed by atoms with E-state index >= 15 is 0 Å². The van der Waals surface area contributed by atoms with Gasteiger partial charge in [0.2, 0.25) is 0 Å². The summed E-state index contributed by atoms with van der Waals surface area (Å²) in [7, 11) is 0. The molecule has 4 nitrogen and oxygen atoms in total. The average Bonchev–Trinajstić information content (AvgIpc) is 3.17. The fraction of sp³-hybridized carbons (Fsp3) is 0.958. The van der Waals surface area contributed by atoms with Crippen LogP contribution in [-0.2, 0) is 19.0 Å². The van der Waals surface area contributed by atoms with E-state index in [9.17, 15) is 4.79 Å². The molecule has 6 atom stereocenters. The van der Waals surface area contributed by atoms with Crippen LogP contribution in [0.25, 0.3) is 0 Å². The average molecular weight is 393 g/mol.